The zero-order chi connectivity index (χ0) is 21.1. The lowest BCUT2D eigenvalue weighted by Gasteiger charge is -2.38. The molecule has 1 aliphatic rings. The molecule has 29 heavy (non-hydrogen) atoms. The van der Waals surface area contributed by atoms with Gasteiger partial charge in [0.2, 0.25) is 0 Å². The molecule has 0 bridgehead atoms. The number of aryl methyl sites for hydroxylation is 1. The van der Waals surface area contributed by atoms with Crippen LogP contribution in [0.4, 0.5) is 5.82 Å². The molecule has 0 aliphatic carbocycles. The first-order valence-corrected chi connectivity index (χ1v) is 9.30. The maximum Gasteiger partial charge on any atom is 0.354 e. The summed E-state index contributed by atoms with van der Waals surface area (Å²) in [5.41, 5.74) is 0.952. The molecule has 2 aromatic rings. The highest BCUT2D eigenvalue weighted by Gasteiger charge is 2.32. The van der Waals surface area contributed by atoms with E-state index >= 15 is 0 Å². The number of carboxylic acid groups (broad SMARTS) is 1. The van der Waals surface area contributed by atoms with Gasteiger partial charge in [-0.15, -0.1) is 0 Å². The molecule has 156 valence electrons. The number of nitrogens with one attached hydrogen (secondary N) is 2. The number of piperidine rings is 1. The number of anilines is 1. The number of methoxy groups -OCH3 is 2. The van der Waals surface area contributed by atoms with E-state index in [1.807, 2.05) is 4.90 Å². The van der Waals surface area contributed by atoms with Gasteiger partial charge in [-0.2, -0.15) is 9.97 Å². The largest absolute Gasteiger partial charge is 0.477 e. The maximum atomic E-state index is 12.5. The molecule has 0 aromatic carbocycles. The van der Waals surface area contributed by atoms with Crippen LogP contribution >= 0.6 is 11.6 Å². The lowest BCUT2D eigenvalue weighted by molar-refractivity contribution is 0.0538. The summed E-state index contributed by atoms with van der Waals surface area (Å²) in [6, 6.07) is 2.72. The van der Waals surface area contributed by atoms with Gasteiger partial charge in [0.25, 0.3) is 5.91 Å². The molecule has 2 unspecified atom stereocenters. The third kappa shape index (κ3) is 4.60. The first-order valence-electron chi connectivity index (χ1n) is 8.92. The Morgan fingerprint density at radius 1 is 1.34 bits per heavy atom. The van der Waals surface area contributed by atoms with Crippen molar-refractivity contribution in [3.8, 4) is 6.01 Å². The summed E-state index contributed by atoms with van der Waals surface area (Å²) in [6.45, 7) is 2.73. The predicted octanol–water partition coefficient (Wildman–Crippen LogP) is 1.50. The molecule has 3 heterocycles. The number of aromatic amines is 1. The van der Waals surface area contributed by atoms with Gasteiger partial charge < -0.3 is 29.8 Å². The summed E-state index contributed by atoms with van der Waals surface area (Å²) in [5.74, 6) is -1.01. The minimum atomic E-state index is -1.17. The average molecular weight is 424 g/mol. The predicted molar refractivity (Wildman–Crippen MR) is 105 cm³/mol. The summed E-state index contributed by atoms with van der Waals surface area (Å²) < 4.78 is 10.6. The second kappa shape index (κ2) is 8.66. The molecule has 0 saturated carbocycles. The van der Waals surface area contributed by atoms with Crippen molar-refractivity contribution in [2.75, 3.05) is 32.2 Å². The van der Waals surface area contributed by atoms with Crippen molar-refractivity contribution in [2.45, 2.75) is 25.5 Å². The van der Waals surface area contributed by atoms with Crippen molar-refractivity contribution in [3.05, 3.63) is 34.2 Å². The lowest BCUT2D eigenvalue weighted by atomic mass is 10.0. The number of nitrogens with zero attached hydrogens (tertiary/aromatic N) is 3. The van der Waals surface area contributed by atoms with Gasteiger partial charge in [0, 0.05) is 32.0 Å². The number of halogens is 1. The van der Waals surface area contributed by atoms with E-state index in [1.54, 1.807) is 20.1 Å². The number of carbonyl (C=O) groups is 2. The van der Waals surface area contributed by atoms with Gasteiger partial charge in [0.05, 0.1) is 24.3 Å². The van der Waals surface area contributed by atoms with Crippen molar-refractivity contribution < 1.29 is 24.2 Å². The molecule has 1 amide bonds. The van der Waals surface area contributed by atoms with Gasteiger partial charge in [0.1, 0.15) is 11.5 Å². The number of aromatic carboxylic acids is 1. The third-order valence-corrected chi connectivity index (χ3v) is 5.18. The Morgan fingerprint density at radius 2 is 2.10 bits per heavy atom. The summed E-state index contributed by atoms with van der Waals surface area (Å²) in [4.78, 5) is 36.7. The first kappa shape index (κ1) is 20.9. The zero-order valence-corrected chi connectivity index (χ0v) is 17.0. The highest BCUT2D eigenvalue weighted by atomic mass is 35.5. The Morgan fingerprint density at radius 3 is 2.69 bits per heavy atom. The number of hydrogen-bond acceptors (Lipinski definition) is 7. The molecule has 2 aromatic heterocycles. The van der Waals surface area contributed by atoms with E-state index in [4.69, 9.17) is 21.1 Å². The Hall–Kier alpha value is -2.85. The number of amides is 1. The standard InChI is InChI=1S/C18H22ClN5O5/c1-9-10(19)6-12(20-9)16(25)21-11-4-5-24(8-14(11)28-2)15-7-13(17(26)27)22-18(23-15)29-3/h6-7,11,14,20H,4-5,8H2,1-3H3,(H,21,25)(H,26,27). The molecule has 3 N–H and O–H groups in total. The lowest BCUT2D eigenvalue weighted by Crippen LogP contribution is -2.55. The highest BCUT2D eigenvalue weighted by Crippen LogP contribution is 2.23. The van der Waals surface area contributed by atoms with Crippen molar-refractivity contribution in [2.24, 2.45) is 0 Å². The summed E-state index contributed by atoms with van der Waals surface area (Å²) in [7, 11) is 2.94. The molecule has 0 radical (unpaired) electrons. The number of ether oxygens (including phenoxy) is 2. The van der Waals surface area contributed by atoms with Crippen molar-refractivity contribution in [1.29, 1.82) is 0 Å². The van der Waals surface area contributed by atoms with Crippen LogP contribution in [0.3, 0.4) is 0 Å². The van der Waals surface area contributed by atoms with Crippen LogP contribution in [-0.2, 0) is 4.74 Å². The minimum absolute atomic E-state index is 0.0247. The van der Waals surface area contributed by atoms with Crippen molar-refractivity contribution in [3.63, 3.8) is 0 Å². The summed E-state index contributed by atoms with van der Waals surface area (Å²) in [6.07, 6.45) is 0.250. The van der Waals surface area contributed by atoms with Crippen LogP contribution < -0.4 is 15.0 Å². The molecular formula is C18H22ClN5O5. The average Bonchev–Trinajstić information content (AvgIpc) is 3.06. The second-order valence-corrected chi connectivity index (χ2v) is 7.06. The van der Waals surface area contributed by atoms with Gasteiger partial charge in [0.15, 0.2) is 5.69 Å². The van der Waals surface area contributed by atoms with Gasteiger partial charge >= 0.3 is 12.0 Å². The Balaban J connectivity index is 1.73. The summed E-state index contributed by atoms with van der Waals surface area (Å²) >= 11 is 6.01. The molecule has 2 atom stereocenters. The maximum absolute atomic E-state index is 12.5. The Kier molecular flexibility index (Phi) is 6.23. The number of rotatable bonds is 6. The molecular weight excluding hydrogens is 402 g/mol. The number of carboxylic acids is 1. The van der Waals surface area contributed by atoms with E-state index in [2.05, 4.69) is 20.3 Å². The summed E-state index contributed by atoms with van der Waals surface area (Å²) in [5, 5.41) is 12.7. The molecule has 11 heteroatoms. The van der Waals surface area contributed by atoms with Crippen LogP contribution in [0.25, 0.3) is 0 Å². The van der Waals surface area contributed by atoms with Crippen LogP contribution in [0.1, 0.15) is 33.1 Å². The minimum Gasteiger partial charge on any atom is -0.477 e. The molecule has 10 nitrogen and oxygen atoms in total. The van der Waals surface area contributed by atoms with Crippen LogP contribution in [0.2, 0.25) is 5.02 Å². The van der Waals surface area contributed by atoms with E-state index in [0.717, 1.165) is 5.69 Å². The van der Waals surface area contributed by atoms with Crippen LogP contribution in [0.15, 0.2) is 12.1 Å². The normalized spacial score (nSPS) is 19.1. The van der Waals surface area contributed by atoms with Gasteiger partial charge in [-0.25, -0.2) is 4.79 Å². The molecule has 1 aliphatic heterocycles. The molecule has 3 rings (SSSR count). The molecule has 1 saturated heterocycles. The van der Waals surface area contributed by atoms with E-state index in [0.29, 0.717) is 36.0 Å². The fourth-order valence-corrected chi connectivity index (χ4v) is 3.36. The van der Waals surface area contributed by atoms with Gasteiger partial charge in [-0.3, -0.25) is 4.79 Å². The first-order chi connectivity index (χ1) is 13.8. The highest BCUT2D eigenvalue weighted by molar-refractivity contribution is 6.31. The van der Waals surface area contributed by atoms with E-state index in [9.17, 15) is 14.7 Å². The Bertz CT molecular complexity index is 899. The van der Waals surface area contributed by atoms with Crippen LogP contribution in [-0.4, -0.2) is 71.4 Å². The quantitative estimate of drug-likeness (QED) is 0.637. The smallest absolute Gasteiger partial charge is 0.354 e. The van der Waals surface area contributed by atoms with E-state index in [-0.39, 0.29) is 29.8 Å². The second-order valence-electron chi connectivity index (χ2n) is 6.65. The van der Waals surface area contributed by atoms with E-state index in [1.165, 1.54) is 13.2 Å². The SMILES string of the molecule is COc1nc(C(=O)O)cc(N2CCC(NC(=O)c3cc(Cl)c(C)[nH]3)C(OC)C2)n1. The van der Waals surface area contributed by atoms with Gasteiger partial charge in [-0.05, 0) is 19.4 Å². The fraction of sp³-hybridized carbons (Fsp3) is 0.444. The van der Waals surface area contributed by atoms with Crippen molar-refractivity contribution >= 4 is 29.3 Å². The monoisotopic (exact) mass is 423 g/mol. The fourth-order valence-electron chi connectivity index (χ4n) is 3.21. The number of aromatic nitrogens is 3. The van der Waals surface area contributed by atoms with Gasteiger partial charge in [-0.1, -0.05) is 11.6 Å². The number of carbonyl (C=O) groups excluding carboxylic acids is 1. The number of H-pyrrole nitrogens is 1. The topological polar surface area (TPSA) is 130 Å². The van der Waals surface area contributed by atoms with E-state index < -0.39 is 5.97 Å². The van der Waals surface area contributed by atoms with Crippen LogP contribution in [0.5, 0.6) is 6.01 Å². The molecule has 0 spiro atoms. The Labute approximate surface area is 172 Å². The van der Waals surface area contributed by atoms with Crippen molar-refractivity contribution in [1.82, 2.24) is 20.3 Å². The third-order valence-electron chi connectivity index (χ3n) is 4.79. The van der Waals surface area contributed by atoms with Crippen LogP contribution in [0, 0.1) is 6.92 Å². The molecule has 1 fully saturated rings. The zero-order valence-electron chi connectivity index (χ0n) is 16.2. The number of hydrogen-bond donors (Lipinski definition) is 3.